The van der Waals surface area contributed by atoms with E-state index < -0.39 is 71.4 Å². The van der Waals surface area contributed by atoms with Crippen LogP contribution in [0, 0.1) is 0 Å². The molecule has 222 valence electrons. The number of hydrogen-bond donors (Lipinski definition) is 1. The van der Waals surface area contributed by atoms with Gasteiger partial charge >= 0.3 is 71.4 Å². The molecule has 0 fully saturated rings. The lowest BCUT2D eigenvalue weighted by molar-refractivity contribution is -0.477. The molecule has 0 aromatic carbocycles. The van der Waals surface area contributed by atoms with E-state index in [0.29, 0.717) is 0 Å². The fraction of sp³-hybridized carbons (Fsp3) is 0.917. The molecular weight excluding hydrogens is 615 g/mol. The minimum absolute atomic E-state index is 4.62. The summed E-state index contributed by atoms with van der Waals surface area (Å²) in [5.74, 6) is -94.6. The van der Waals surface area contributed by atoms with Crippen LogP contribution in [0.1, 0.15) is 0 Å². The molecule has 2 nitrogen and oxygen atoms in total. The highest BCUT2D eigenvalue weighted by atomic mass is 19.4. The van der Waals surface area contributed by atoms with E-state index in [9.17, 15) is 106 Å². The summed E-state index contributed by atoms with van der Waals surface area (Å²) in [5, 5.41) is 7.63. The van der Waals surface area contributed by atoms with Gasteiger partial charge in [-0.2, -0.15) is 101 Å². The first-order valence-electron chi connectivity index (χ1n) is 7.52. The summed E-state index contributed by atoms with van der Waals surface area (Å²) in [5.41, 5.74) is 0. The molecule has 0 spiro atoms. The summed E-state index contributed by atoms with van der Waals surface area (Å²) >= 11 is 0. The number of carboxylic acid groups (broad SMARTS) is 1. The van der Waals surface area contributed by atoms with Gasteiger partial charge in [-0.15, -0.1) is 0 Å². The first kappa shape index (κ1) is 34.9. The van der Waals surface area contributed by atoms with Crippen LogP contribution in [0.15, 0.2) is 0 Å². The van der Waals surface area contributed by atoms with Crippen molar-refractivity contribution in [2.45, 2.75) is 65.4 Å². The molecule has 0 heterocycles. The second-order valence-electron chi connectivity index (χ2n) is 6.55. The van der Waals surface area contributed by atoms with Crippen LogP contribution < -0.4 is 0 Å². The molecule has 25 heteroatoms. The van der Waals surface area contributed by atoms with E-state index in [0.717, 1.165) is 0 Å². The van der Waals surface area contributed by atoms with Gasteiger partial charge in [0, 0.05) is 0 Å². The van der Waals surface area contributed by atoms with Gasteiger partial charge in [0.25, 0.3) is 0 Å². The fourth-order valence-corrected chi connectivity index (χ4v) is 1.89. The Kier molecular flexibility index (Phi) is 7.71. The monoisotopic (exact) mass is 616 g/mol. The lowest BCUT2D eigenvalue weighted by atomic mass is 9.86. The highest BCUT2D eigenvalue weighted by Crippen LogP contribution is 2.67. The molecular formula is C12HF23O2. The van der Waals surface area contributed by atoms with Gasteiger partial charge < -0.3 is 5.11 Å². The molecule has 0 atom stereocenters. The second kappa shape index (κ2) is 8.18. The molecule has 0 bridgehead atoms. The molecule has 0 saturated carbocycles. The molecule has 0 aliphatic carbocycles. The maximum Gasteiger partial charge on any atom is 0.460 e. The molecule has 0 unspecified atom stereocenters. The molecule has 0 rings (SSSR count). The summed E-state index contributed by atoms with van der Waals surface area (Å²) in [6.45, 7) is 0. The number of alkyl halides is 23. The zero-order valence-corrected chi connectivity index (χ0v) is 15.5. The number of carbonyl (C=O) groups is 1. The van der Waals surface area contributed by atoms with Crippen LogP contribution in [0.5, 0.6) is 0 Å². The van der Waals surface area contributed by atoms with E-state index in [1.165, 1.54) is 0 Å². The van der Waals surface area contributed by atoms with Crippen LogP contribution in [0.2, 0.25) is 0 Å². The summed E-state index contributed by atoms with van der Waals surface area (Å²) in [6.07, 6.45) is -8.13. The third-order valence-electron chi connectivity index (χ3n) is 4.17. The number of aliphatic carboxylic acids is 1. The van der Waals surface area contributed by atoms with Gasteiger partial charge in [-0.05, 0) is 0 Å². The predicted molar refractivity (Wildman–Crippen MR) is 63.2 cm³/mol. The Labute approximate surface area is 184 Å². The largest absolute Gasteiger partial charge is 0.477 e. The molecule has 0 amide bonds. The minimum atomic E-state index is -9.50. The summed E-state index contributed by atoms with van der Waals surface area (Å²) < 4.78 is 298. The summed E-state index contributed by atoms with van der Waals surface area (Å²) in [6, 6.07) is 0. The van der Waals surface area contributed by atoms with Crippen molar-refractivity contribution in [3.05, 3.63) is 0 Å². The Morgan fingerprint density at radius 1 is 0.324 bits per heavy atom. The molecule has 0 saturated heterocycles. The first-order chi connectivity index (χ1) is 15.4. The van der Waals surface area contributed by atoms with Crippen LogP contribution >= 0.6 is 0 Å². The van der Waals surface area contributed by atoms with E-state index in [4.69, 9.17) is 5.11 Å². The van der Waals surface area contributed by atoms with Gasteiger partial charge in [-0.1, -0.05) is 0 Å². The number of hydrogen-bond acceptors (Lipinski definition) is 1. The second-order valence-corrected chi connectivity index (χ2v) is 6.55. The minimum Gasteiger partial charge on any atom is -0.477 e. The van der Waals surface area contributed by atoms with E-state index in [2.05, 4.69) is 0 Å². The van der Waals surface area contributed by atoms with Crippen molar-refractivity contribution in [2.75, 3.05) is 0 Å². The Morgan fingerprint density at radius 3 is 0.649 bits per heavy atom. The smallest absolute Gasteiger partial charge is 0.460 e. The molecule has 1 N–H and O–H groups in total. The summed E-state index contributed by atoms with van der Waals surface area (Å²) in [7, 11) is 0. The zero-order valence-electron chi connectivity index (χ0n) is 15.5. The van der Waals surface area contributed by atoms with Crippen molar-refractivity contribution in [3.8, 4) is 0 Å². The van der Waals surface area contributed by atoms with Crippen LogP contribution in [0.4, 0.5) is 101 Å². The number of rotatable bonds is 10. The quantitative estimate of drug-likeness (QED) is 0.213. The maximum absolute atomic E-state index is 13.4. The average molecular weight is 616 g/mol. The molecule has 37 heavy (non-hydrogen) atoms. The van der Waals surface area contributed by atoms with Crippen molar-refractivity contribution in [3.63, 3.8) is 0 Å². The van der Waals surface area contributed by atoms with Gasteiger partial charge in [0.05, 0.1) is 0 Å². The Balaban J connectivity index is 7.25. The zero-order chi connectivity index (χ0) is 31.1. The number of halogens is 23. The Morgan fingerprint density at radius 2 is 0.486 bits per heavy atom. The van der Waals surface area contributed by atoms with Crippen molar-refractivity contribution >= 4 is 5.97 Å². The highest BCUT2D eigenvalue weighted by Gasteiger charge is 2.99. The SMILES string of the molecule is O=[13C](O)[13C](F)(F)C(F)(F)C(F)(F)C(F)(F)C(F)(F)C(F)(F)C(F)(F)C(F)(F)C(F)(F)C(F)(F)C(F)(F)F. The van der Waals surface area contributed by atoms with Crippen LogP contribution in [-0.4, -0.2) is 76.5 Å². The Hall–Kier alpha value is -2.14. The van der Waals surface area contributed by atoms with Gasteiger partial charge in [0.15, 0.2) is 0 Å². The van der Waals surface area contributed by atoms with E-state index >= 15 is 0 Å². The normalized spacial score (nSPS) is 16.7. The van der Waals surface area contributed by atoms with Gasteiger partial charge in [-0.25, -0.2) is 4.79 Å². The topological polar surface area (TPSA) is 37.3 Å². The van der Waals surface area contributed by atoms with Crippen molar-refractivity contribution in [1.82, 2.24) is 0 Å². The fourth-order valence-electron chi connectivity index (χ4n) is 1.89. The van der Waals surface area contributed by atoms with Gasteiger partial charge in [-0.3, -0.25) is 0 Å². The highest BCUT2D eigenvalue weighted by molar-refractivity contribution is 5.77. The lowest BCUT2D eigenvalue weighted by Crippen LogP contribution is -2.78. The standard InChI is InChI=1S/C12HF23O2/c13-2(14,1(36)37)3(15,16)4(17,18)5(19,20)6(21,22)7(23,24)8(25,26)9(27,28)10(29,30)11(31,32)12(33,34)35/h(H,36,37)/i1+1,2+1. The van der Waals surface area contributed by atoms with Crippen LogP contribution in [-0.2, 0) is 4.79 Å². The average Bonchev–Trinajstić information content (AvgIpc) is 2.65. The number of carboxylic acids is 1. The van der Waals surface area contributed by atoms with Crippen molar-refractivity contribution in [2.24, 2.45) is 0 Å². The van der Waals surface area contributed by atoms with Crippen LogP contribution in [0.25, 0.3) is 0 Å². The third kappa shape index (κ3) is 3.90. The van der Waals surface area contributed by atoms with Crippen molar-refractivity contribution in [1.29, 1.82) is 0 Å². The van der Waals surface area contributed by atoms with Crippen LogP contribution in [0.3, 0.4) is 0 Å². The Bertz CT molecular complexity index is 879. The molecule has 0 aromatic rings. The molecule has 0 radical (unpaired) electrons. The van der Waals surface area contributed by atoms with Crippen molar-refractivity contribution < 1.29 is 111 Å². The van der Waals surface area contributed by atoms with E-state index in [-0.39, 0.29) is 0 Å². The maximum atomic E-state index is 13.4. The molecule has 0 aliphatic rings. The van der Waals surface area contributed by atoms with E-state index in [1.54, 1.807) is 0 Å². The first-order valence-corrected chi connectivity index (χ1v) is 7.52. The van der Waals surface area contributed by atoms with Gasteiger partial charge in [0.2, 0.25) is 0 Å². The lowest BCUT2D eigenvalue weighted by Gasteiger charge is -2.44. The predicted octanol–water partition coefficient (Wildman–Crippen LogP) is 6.99. The molecule has 0 aromatic heterocycles. The van der Waals surface area contributed by atoms with Gasteiger partial charge in [0.1, 0.15) is 0 Å². The third-order valence-corrected chi connectivity index (χ3v) is 4.17. The summed E-state index contributed by atoms with van der Waals surface area (Å²) in [4.78, 5) is 9.85. The molecule has 0 aliphatic heterocycles. The van der Waals surface area contributed by atoms with E-state index in [1.807, 2.05) is 0 Å².